The van der Waals surface area contributed by atoms with E-state index >= 15 is 0 Å². The Morgan fingerprint density at radius 1 is 0.528 bits per heavy atom. The van der Waals surface area contributed by atoms with Crippen LogP contribution in [0.5, 0.6) is 0 Å². The monoisotopic (exact) mass is 1270 g/mol. The van der Waals surface area contributed by atoms with Gasteiger partial charge in [0, 0.05) is 44.7 Å². The predicted octanol–water partition coefficient (Wildman–Crippen LogP) is 4.40. The maximum atomic E-state index is 14.6. The van der Waals surface area contributed by atoms with Crippen LogP contribution in [0, 0.1) is 17.3 Å². The van der Waals surface area contributed by atoms with E-state index in [1.807, 2.05) is 13.8 Å². The highest BCUT2D eigenvalue weighted by molar-refractivity contribution is 6.22. The van der Waals surface area contributed by atoms with Crippen molar-refractivity contribution in [2.45, 2.75) is 261 Å². The summed E-state index contributed by atoms with van der Waals surface area (Å²) in [6.45, 7) is 32.9. The summed E-state index contributed by atoms with van der Waals surface area (Å²) in [7, 11) is 0. The number of nitrogens with zero attached hydrogens (tertiary/aromatic N) is 1. The highest BCUT2D eigenvalue weighted by Crippen LogP contribution is 2.36. The van der Waals surface area contributed by atoms with E-state index in [0.717, 1.165) is 0 Å². The van der Waals surface area contributed by atoms with E-state index in [0.29, 0.717) is 0 Å². The van der Waals surface area contributed by atoms with E-state index < -0.39 is 136 Å². The molecule has 9 amide bonds. The number of allylic oxidation sites excluding steroid dienone is 2. The molecule has 0 heterocycles. The summed E-state index contributed by atoms with van der Waals surface area (Å²) in [4.78, 5) is 154. The molecule has 0 aromatic rings. The number of carboxylic acids is 1. The third-order valence-corrected chi connectivity index (χ3v) is 12.8. The SMILES string of the molecule is CC(=NCC[C@H](N)C(=O)N[C@@H](CCNC(=O)OC(C)(C)C)C(=O)N[C@H](CC(C)C)C(=O)N[C@@H](CC(C)C)C(=O)N[C@@H](CCNC(=O)OC(C)(C)C)C(=O)N[C@@H](CCNC(=O)OC(C)(C)C)C(=O)N[C@H](C(=O)O)[C@@H](C)OC(C)(C)C)C1=C(O)CC(C)(C)CC1=O. The minimum Gasteiger partial charge on any atom is -0.511 e. The van der Waals surface area contributed by atoms with Crippen LogP contribution in [-0.2, 0) is 57.3 Å². The Morgan fingerprint density at radius 2 is 0.865 bits per heavy atom. The second-order valence-corrected chi connectivity index (χ2v) is 28.1. The van der Waals surface area contributed by atoms with Crippen molar-refractivity contribution >= 4 is 71.2 Å². The molecule has 13 N–H and O–H groups in total. The van der Waals surface area contributed by atoms with Gasteiger partial charge in [-0.15, -0.1) is 0 Å². The van der Waals surface area contributed by atoms with Gasteiger partial charge >= 0.3 is 24.2 Å². The van der Waals surface area contributed by atoms with E-state index in [1.165, 1.54) is 6.92 Å². The Balaban J connectivity index is 3.72. The van der Waals surface area contributed by atoms with Gasteiger partial charge in [-0.3, -0.25) is 38.6 Å². The minimum absolute atomic E-state index is 0.00468. The third-order valence-electron chi connectivity index (χ3n) is 12.8. The lowest BCUT2D eigenvalue weighted by Gasteiger charge is -2.31. The Kier molecular flexibility index (Phi) is 31.7. The highest BCUT2D eigenvalue weighted by atomic mass is 16.6. The zero-order valence-electron chi connectivity index (χ0n) is 56.3. The van der Waals surface area contributed by atoms with E-state index in [2.05, 4.69) is 52.8 Å². The minimum atomic E-state index is -1.63. The number of amides is 9. The number of Topliss-reactive ketones (excluding diaryl/α,β-unsaturated/α-hetero) is 1. The molecule has 0 aromatic carbocycles. The molecule has 28 nitrogen and oxygen atoms in total. The fourth-order valence-electron chi connectivity index (χ4n) is 9.02. The van der Waals surface area contributed by atoms with Gasteiger partial charge in [-0.2, -0.15) is 0 Å². The van der Waals surface area contributed by atoms with Crippen LogP contribution in [0.3, 0.4) is 0 Å². The van der Waals surface area contributed by atoms with Gasteiger partial charge in [-0.1, -0.05) is 41.5 Å². The molecule has 1 aliphatic rings. The molecule has 8 atom stereocenters. The molecule has 0 fully saturated rings. The first-order valence-electron chi connectivity index (χ1n) is 30.4. The van der Waals surface area contributed by atoms with Crippen molar-refractivity contribution in [1.29, 1.82) is 0 Å². The largest absolute Gasteiger partial charge is 0.511 e. The Bertz CT molecular complexity index is 2520. The average molecular weight is 1270 g/mol. The Hall–Kier alpha value is -7.10. The molecule has 0 aromatic heterocycles. The molecule has 1 aliphatic carbocycles. The number of carbonyl (C=O) groups excluding carboxylic acids is 10. The number of ketones is 1. The summed E-state index contributed by atoms with van der Waals surface area (Å²) in [5.74, 6) is -7.73. The molecule has 0 aliphatic heterocycles. The van der Waals surface area contributed by atoms with Gasteiger partial charge in [0.25, 0.3) is 0 Å². The van der Waals surface area contributed by atoms with Gasteiger partial charge in [-0.05, 0) is 153 Å². The molecule has 508 valence electrons. The van der Waals surface area contributed by atoms with Crippen LogP contribution in [-0.4, -0.2) is 178 Å². The second kappa shape index (κ2) is 35.3. The fourth-order valence-corrected chi connectivity index (χ4v) is 9.02. The maximum Gasteiger partial charge on any atom is 0.407 e. The third kappa shape index (κ3) is 33.3. The summed E-state index contributed by atoms with van der Waals surface area (Å²) in [5.41, 5.74) is 2.77. The van der Waals surface area contributed by atoms with Crippen LogP contribution in [0.4, 0.5) is 14.4 Å². The quantitative estimate of drug-likeness (QED) is 0.0328. The van der Waals surface area contributed by atoms with Crippen molar-refractivity contribution in [3.63, 3.8) is 0 Å². The lowest BCUT2D eigenvalue weighted by molar-refractivity contribution is -0.150. The molecule has 0 unspecified atom stereocenters. The molecule has 28 heteroatoms. The van der Waals surface area contributed by atoms with Gasteiger partial charge in [0.05, 0.1) is 23.3 Å². The number of carboxylic acid groups (broad SMARTS) is 1. The Morgan fingerprint density at radius 3 is 1.19 bits per heavy atom. The number of aliphatic imine (C=N–C) groups is 1. The molecular weight excluding hydrogens is 1160 g/mol. The first-order chi connectivity index (χ1) is 40.6. The molecule has 0 spiro atoms. The number of aliphatic hydroxyl groups excluding tert-OH is 1. The van der Waals surface area contributed by atoms with Crippen molar-refractivity contribution < 1.29 is 81.9 Å². The Labute approximate surface area is 525 Å². The number of hydrogen-bond acceptors (Lipinski definition) is 18. The van der Waals surface area contributed by atoms with E-state index in [9.17, 15) is 63.0 Å². The van der Waals surface area contributed by atoms with Crippen molar-refractivity contribution in [3.8, 4) is 0 Å². The van der Waals surface area contributed by atoms with Gasteiger partial charge in [0.2, 0.25) is 35.4 Å². The molecule has 0 saturated heterocycles. The van der Waals surface area contributed by atoms with Gasteiger partial charge in [0.15, 0.2) is 11.8 Å². The number of nitrogens with one attached hydrogen (secondary N) is 9. The summed E-state index contributed by atoms with van der Waals surface area (Å²) < 4.78 is 21.9. The van der Waals surface area contributed by atoms with Crippen LogP contribution in [0.25, 0.3) is 0 Å². The normalized spacial score (nSPS) is 16.6. The summed E-state index contributed by atoms with van der Waals surface area (Å²) in [6, 6.07) is -10.2. The zero-order valence-corrected chi connectivity index (χ0v) is 56.3. The number of aliphatic carboxylic acids is 1. The second-order valence-electron chi connectivity index (χ2n) is 28.1. The number of ether oxygens (including phenoxy) is 4. The van der Waals surface area contributed by atoms with Crippen LogP contribution in [0.2, 0.25) is 0 Å². The van der Waals surface area contributed by atoms with Crippen LogP contribution >= 0.6 is 0 Å². The number of rotatable bonds is 32. The van der Waals surface area contributed by atoms with Crippen molar-refractivity contribution in [1.82, 2.24) is 47.9 Å². The molecule has 0 bridgehead atoms. The summed E-state index contributed by atoms with van der Waals surface area (Å²) in [5, 5.41) is 44.1. The molecule has 0 radical (unpaired) electrons. The summed E-state index contributed by atoms with van der Waals surface area (Å²) in [6.07, 6.45) is -4.07. The topological polar surface area (TPSA) is 412 Å². The highest BCUT2D eigenvalue weighted by Gasteiger charge is 2.38. The van der Waals surface area contributed by atoms with E-state index in [4.69, 9.17) is 24.7 Å². The smallest absolute Gasteiger partial charge is 0.407 e. The maximum absolute atomic E-state index is 14.6. The van der Waals surface area contributed by atoms with E-state index in [1.54, 1.807) is 118 Å². The van der Waals surface area contributed by atoms with E-state index in [-0.39, 0.29) is 112 Å². The number of aliphatic hydroxyl groups is 1. The van der Waals surface area contributed by atoms with Gasteiger partial charge in [-0.25, -0.2) is 19.2 Å². The van der Waals surface area contributed by atoms with Crippen molar-refractivity contribution in [3.05, 3.63) is 11.3 Å². The predicted molar refractivity (Wildman–Crippen MR) is 333 cm³/mol. The van der Waals surface area contributed by atoms with Crippen molar-refractivity contribution in [2.24, 2.45) is 28.0 Å². The first kappa shape index (κ1) is 79.9. The fraction of sp³-hybridized carbons (Fsp3) is 0.770. The lowest BCUT2D eigenvalue weighted by Crippen LogP contribution is -2.61. The number of nitrogens with two attached hydrogens (primary N) is 1. The first-order valence-corrected chi connectivity index (χ1v) is 30.4. The molecule has 89 heavy (non-hydrogen) atoms. The molecule has 0 saturated carbocycles. The van der Waals surface area contributed by atoms with Crippen molar-refractivity contribution in [2.75, 3.05) is 26.2 Å². The van der Waals surface area contributed by atoms with Crippen LogP contribution < -0.4 is 53.6 Å². The zero-order chi connectivity index (χ0) is 68.7. The van der Waals surface area contributed by atoms with Crippen LogP contribution in [0.1, 0.15) is 190 Å². The van der Waals surface area contributed by atoms with Gasteiger partial charge in [0.1, 0.15) is 52.8 Å². The molecule has 1 rings (SSSR count). The average Bonchev–Trinajstić information content (AvgIpc) is 1.01. The van der Waals surface area contributed by atoms with Crippen LogP contribution in [0.15, 0.2) is 16.3 Å². The molecular formula is C61H107N11O17. The number of alkyl carbamates (subject to hydrolysis) is 3. The number of carbonyl (C=O) groups is 11. The summed E-state index contributed by atoms with van der Waals surface area (Å²) >= 11 is 0. The lowest BCUT2D eigenvalue weighted by atomic mass is 9.76. The van der Waals surface area contributed by atoms with Gasteiger partial charge < -0.3 is 82.7 Å². The standard InChI is InChI=1S/C61H107N11O17/c1-33(2)29-41(51(79)69-39(23-27-65-55(84)88-59(13,14)15)48(76)68-40(24-28-66-56(85)89-60(16,17)18)50(78)72-46(53(81)82)36(6)86-57(7,8)9)71-52(80)42(30-34(3)4)70-49(77)38(22-26-64-54(83)87-58(10,11)12)67-47(75)37(62)21-25-63-35(5)45-43(73)31-61(19,20)32-44(45)74/h33-34,36-42,46,73H,21-32,62H2,1-20H3,(H,64,83)(H,65,84)(H,66,85)(H,67,75)(H,68,76)(H,69,79)(H,70,77)(H,71,80)(H,72,78)(H,81,82)/t36-,37+,38+,39+,40+,41+,42-,46+/m1/s1. The number of hydrogen-bond donors (Lipinski definition) is 12.